The first-order valence-corrected chi connectivity index (χ1v) is 6.14. The zero-order chi connectivity index (χ0) is 13.1. The van der Waals surface area contributed by atoms with Gasteiger partial charge in [0.1, 0.15) is 12.4 Å². The van der Waals surface area contributed by atoms with E-state index in [9.17, 15) is 10.1 Å². The third-order valence-corrected chi connectivity index (χ3v) is 3.64. The molecule has 2 rings (SSSR count). The van der Waals surface area contributed by atoms with Crippen molar-refractivity contribution in [1.29, 1.82) is 0 Å². The molecule has 0 unspecified atom stereocenters. The Morgan fingerprint density at radius 1 is 1.39 bits per heavy atom. The zero-order valence-electron chi connectivity index (χ0n) is 10.0. The van der Waals surface area contributed by atoms with E-state index in [2.05, 4.69) is 35.2 Å². The van der Waals surface area contributed by atoms with Crippen molar-refractivity contribution in [3.8, 4) is 0 Å². The fraction of sp³-hybridized carbons (Fsp3) is 0.273. The van der Waals surface area contributed by atoms with E-state index in [1.165, 1.54) is 27.7 Å². The van der Waals surface area contributed by atoms with Crippen LogP contribution in [0, 0.1) is 24.0 Å². The van der Waals surface area contributed by atoms with E-state index in [1.54, 1.807) is 11.3 Å². The maximum Gasteiger partial charge on any atom is 0.305 e. The third kappa shape index (κ3) is 2.80. The zero-order valence-corrected chi connectivity index (χ0v) is 10.8. The molecular formula is C11H12N4O2S. The summed E-state index contributed by atoms with van der Waals surface area (Å²) in [5.41, 5.74) is 1.16. The van der Waals surface area contributed by atoms with Gasteiger partial charge in [-0.3, -0.25) is 10.1 Å². The quantitative estimate of drug-likeness (QED) is 0.678. The first kappa shape index (κ1) is 12.4. The van der Waals surface area contributed by atoms with Crippen LogP contribution in [0.15, 0.2) is 18.5 Å². The van der Waals surface area contributed by atoms with Crippen molar-refractivity contribution < 1.29 is 4.92 Å². The molecule has 0 fully saturated rings. The fourth-order valence-corrected chi connectivity index (χ4v) is 2.40. The topological polar surface area (TPSA) is 81.0 Å². The second kappa shape index (κ2) is 5.09. The van der Waals surface area contributed by atoms with E-state index >= 15 is 0 Å². The summed E-state index contributed by atoms with van der Waals surface area (Å²) in [6, 6.07) is 2.11. The number of thiophene rings is 1. The molecule has 2 aromatic heterocycles. The van der Waals surface area contributed by atoms with Crippen LogP contribution in [0.1, 0.15) is 15.3 Å². The molecule has 2 aromatic rings. The summed E-state index contributed by atoms with van der Waals surface area (Å²) in [5, 5.41) is 13.5. The van der Waals surface area contributed by atoms with E-state index in [0.717, 1.165) is 0 Å². The molecule has 0 saturated heterocycles. The van der Waals surface area contributed by atoms with Gasteiger partial charge in [-0.25, -0.2) is 9.97 Å². The van der Waals surface area contributed by atoms with Gasteiger partial charge >= 0.3 is 5.69 Å². The normalized spacial score (nSPS) is 10.3. The van der Waals surface area contributed by atoms with Gasteiger partial charge in [-0.2, -0.15) is 0 Å². The van der Waals surface area contributed by atoms with Crippen LogP contribution in [0.3, 0.4) is 0 Å². The van der Waals surface area contributed by atoms with Gasteiger partial charge < -0.3 is 5.32 Å². The summed E-state index contributed by atoms with van der Waals surface area (Å²) in [7, 11) is 0. The fourth-order valence-electron chi connectivity index (χ4n) is 1.41. The summed E-state index contributed by atoms with van der Waals surface area (Å²) in [4.78, 5) is 20.2. The van der Waals surface area contributed by atoms with E-state index in [4.69, 9.17) is 0 Å². The van der Waals surface area contributed by atoms with Gasteiger partial charge in [0.2, 0.25) is 5.95 Å². The Morgan fingerprint density at radius 3 is 2.56 bits per heavy atom. The highest BCUT2D eigenvalue weighted by molar-refractivity contribution is 7.12. The number of hydrogen-bond acceptors (Lipinski definition) is 6. The second-order valence-electron chi connectivity index (χ2n) is 3.83. The predicted octanol–water partition coefficient (Wildman–Crippen LogP) is 2.68. The Hall–Kier alpha value is -2.02. The molecule has 7 heteroatoms. The lowest BCUT2D eigenvalue weighted by molar-refractivity contribution is -0.385. The Balaban J connectivity index is 2.00. The highest BCUT2D eigenvalue weighted by atomic mass is 32.1. The number of rotatable bonds is 4. The number of nitrogens with one attached hydrogen (secondary N) is 1. The number of aromatic nitrogens is 2. The molecule has 0 atom stereocenters. The van der Waals surface area contributed by atoms with E-state index < -0.39 is 4.92 Å². The summed E-state index contributed by atoms with van der Waals surface area (Å²) >= 11 is 1.72. The Morgan fingerprint density at radius 2 is 2.06 bits per heavy atom. The van der Waals surface area contributed by atoms with Crippen LogP contribution in [-0.4, -0.2) is 14.9 Å². The molecule has 18 heavy (non-hydrogen) atoms. The van der Waals surface area contributed by atoms with Gasteiger partial charge in [-0.15, -0.1) is 11.3 Å². The standard InChI is InChI=1S/C11H12N4O2S/c1-7-3-10(18-8(7)2)6-14-11-12-4-9(5-13-11)15(16)17/h3-5H,6H2,1-2H3,(H,12,13,14). The van der Waals surface area contributed by atoms with Crippen LogP contribution in [-0.2, 0) is 6.54 Å². The molecule has 1 N–H and O–H groups in total. The molecular weight excluding hydrogens is 252 g/mol. The molecule has 0 aromatic carbocycles. The van der Waals surface area contributed by atoms with Gasteiger partial charge in [0, 0.05) is 9.75 Å². The predicted molar refractivity (Wildman–Crippen MR) is 69.8 cm³/mol. The number of nitro groups is 1. The molecule has 6 nitrogen and oxygen atoms in total. The average Bonchev–Trinajstić information content (AvgIpc) is 2.67. The highest BCUT2D eigenvalue weighted by Gasteiger charge is 2.07. The lowest BCUT2D eigenvalue weighted by Gasteiger charge is -2.01. The van der Waals surface area contributed by atoms with Crippen LogP contribution in [0.4, 0.5) is 11.6 Å². The van der Waals surface area contributed by atoms with Crippen LogP contribution in [0.2, 0.25) is 0 Å². The molecule has 0 aliphatic rings. The molecule has 0 aliphatic heterocycles. The molecule has 0 saturated carbocycles. The number of nitrogens with zero attached hydrogens (tertiary/aromatic N) is 3. The van der Waals surface area contributed by atoms with Crippen LogP contribution >= 0.6 is 11.3 Å². The minimum atomic E-state index is -0.518. The van der Waals surface area contributed by atoms with Crippen molar-refractivity contribution in [3.05, 3.63) is 43.9 Å². The summed E-state index contributed by atoms with van der Waals surface area (Å²) < 4.78 is 0. The molecule has 0 aliphatic carbocycles. The summed E-state index contributed by atoms with van der Waals surface area (Å²) in [5.74, 6) is 0.393. The molecule has 2 heterocycles. The number of anilines is 1. The van der Waals surface area contributed by atoms with Crippen molar-refractivity contribution in [2.75, 3.05) is 5.32 Å². The number of hydrogen-bond donors (Lipinski definition) is 1. The van der Waals surface area contributed by atoms with E-state index in [-0.39, 0.29) is 5.69 Å². The second-order valence-corrected chi connectivity index (χ2v) is 5.17. The van der Waals surface area contributed by atoms with Crippen molar-refractivity contribution in [1.82, 2.24) is 9.97 Å². The van der Waals surface area contributed by atoms with Gasteiger partial charge in [0.05, 0.1) is 11.5 Å². The average molecular weight is 264 g/mol. The van der Waals surface area contributed by atoms with Crippen LogP contribution in [0.25, 0.3) is 0 Å². The van der Waals surface area contributed by atoms with Gasteiger partial charge in [-0.1, -0.05) is 0 Å². The maximum atomic E-state index is 10.4. The van der Waals surface area contributed by atoms with E-state index in [1.807, 2.05) is 0 Å². The van der Waals surface area contributed by atoms with Gasteiger partial charge in [-0.05, 0) is 25.5 Å². The van der Waals surface area contributed by atoms with Gasteiger partial charge in [0.25, 0.3) is 0 Å². The SMILES string of the molecule is Cc1cc(CNc2ncc([N+](=O)[O-])cn2)sc1C. The number of aryl methyl sites for hydroxylation is 2. The minimum Gasteiger partial charge on any atom is -0.349 e. The molecule has 0 spiro atoms. The Bertz CT molecular complexity index is 545. The van der Waals surface area contributed by atoms with Gasteiger partial charge in [0.15, 0.2) is 0 Å². The Labute approximate surface area is 108 Å². The van der Waals surface area contributed by atoms with Crippen molar-refractivity contribution in [2.45, 2.75) is 20.4 Å². The monoisotopic (exact) mass is 264 g/mol. The van der Waals surface area contributed by atoms with Crippen LogP contribution < -0.4 is 5.32 Å². The van der Waals surface area contributed by atoms with Crippen LogP contribution in [0.5, 0.6) is 0 Å². The largest absolute Gasteiger partial charge is 0.349 e. The molecule has 0 amide bonds. The lowest BCUT2D eigenvalue weighted by Crippen LogP contribution is -2.02. The smallest absolute Gasteiger partial charge is 0.305 e. The lowest BCUT2D eigenvalue weighted by atomic mass is 10.3. The summed E-state index contributed by atoms with van der Waals surface area (Å²) in [6.07, 6.45) is 2.39. The first-order valence-electron chi connectivity index (χ1n) is 5.32. The third-order valence-electron chi connectivity index (χ3n) is 2.49. The maximum absolute atomic E-state index is 10.4. The molecule has 94 valence electrons. The first-order chi connectivity index (χ1) is 8.56. The highest BCUT2D eigenvalue weighted by Crippen LogP contribution is 2.21. The van der Waals surface area contributed by atoms with Crippen molar-refractivity contribution in [2.24, 2.45) is 0 Å². The summed E-state index contributed by atoms with van der Waals surface area (Å²) in [6.45, 7) is 4.76. The minimum absolute atomic E-state index is 0.108. The molecule has 0 bridgehead atoms. The molecule has 0 radical (unpaired) electrons. The van der Waals surface area contributed by atoms with E-state index in [0.29, 0.717) is 12.5 Å². The Kier molecular flexibility index (Phi) is 3.52. The van der Waals surface area contributed by atoms with Crippen molar-refractivity contribution >= 4 is 23.0 Å². The van der Waals surface area contributed by atoms with Crippen molar-refractivity contribution in [3.63, 3.8) is 0 Å².